The number of ether oxygens (including phenoxy) is 1. The molecule has 3 N–H and O–H groups in total. The van der Waals surface area contributed by atoms with E-state index in [0.717, 1.165) is 51.4 Å². The van der Waals surface area contributed by atoms with Crippen LogP contribution in [-0.2, 0) is 14.3 Å². The van der Waals surface area contributed by atoms with Crippen LogP contribution in [0.15, 0.2) is 36.5 Å². The molecule has 0 radical (unpaired) electrons. The summed E-state index contributed by atoms with van der Waals surface area (Å²) in [5.41, 5.74) is 0. The Balaban J connectivity index is 3.39. The molecule has 0 aromatic rings. The molecule has 0 aromatic carbocycles. The number of carbonyl (C=O) groups is 2. The SMILES string of the molecule is CCCCCC/C=C\C/C=C\CCCCCCCC(=O)OCCCCCCCCCCCCCCCCCCCCCCCCCCCC(=O)NC(CO)C(O)/C=C/CCCCCCCCCCCCCCCCCC. The van der Waals surface area contributed by atoms with E-state index in [0.29, 0.717) is 19.4 Å². The standard InChI is InChI=1S/C70H133NO5/c1-3-5-7-9-11-13-15-17-19-21-31-34-38-42-46-50-54-58-62-68(73)67(66-72)71-69(74)63-59-55-51-47-43-39-35-32-29-27-25-23-22-24-26-28-30-33-37-41-45-49-53-57-61-65-76-70(75)64-60-56-52-48-44-40-36-20-18-16-14-12-10-8-6-4-2/h14,16,20,36,58,62,67-68,72-73H,3-13,15,17-19,21-35,37-57,59-61,63-66H2,1-2H3,(H,71,74)/b16-14-,36-20-,62-58+. The van der Waals surface area contributed by atoms with E-state index in [1.807, 2.05) is 6.08 Å². The fourth-order valence-electron chi connectivity index (χ4n) is 10.7. The molecular formula is C70H133NO5. The molecule has 0 rings (SSSR count). The second kappa shape index (κ2) is 65.6. The highest BCUT2D eigenvalue weighted by Gasteiger charge is 2.18. The van der Waals surface area contributed by atoms with Crippen LogP contribution in [0.1, 0.15) is 373 Å². The summed E-state index contributed by atoms with van der Waals surface area (Å²) >= 11 is 0. The third-order valence-electron chi connectivity index (χ3n) is 15.9. The first-order valence-electron chi connectivity index (χ1n) is 34.3. The van der Waals surface area contributed by atoms with E-state index < -0.39 is 12.1 Å². The number of rotatable bonds is 64. The molecule has 2 atom stereocenters. The summed E-state index contributed by atoms with van der Waals surface area (Å²) in [5.74, 6) is -0.0607. The summed E-state index contributed by atoms with van der Waals surface area (Å²) in [6.45, 7) is 4.91. The molecule has 76 heavy (non-hydrogen) atoms. The van der Waals surface area contributed by atoms with E-state index in [9.17, 15) is 19.8 Å². The molecule has 0 saturated carbocycles. The highest BCUT2D eigenvalue weighted by atomic mass is 16.5. The van der Waals surface area contributed by atoms with Gasteiger partial charge in [-0.2, -0.15) is 0 Å². The molecule has 0 aliphatic rings. The van der Waals surface area contributed by atoms with Gasteiger partial charge in [0, 0.05) is 12.8 Å². The van der Waals surface area contributed by atoms with Crippen LogP contribution < -0.4 is 5.32 Å². The molecule has 0 bridgehead atoms. The fraction of sp³-hybridized carbons (Fsp3) is 0.886. The zero-order valence-corrected chi connectivity index (χ0v) is 51.3. The largest absolute Gasteiger partial charge is 0.466 e. The summed E-state index contributed by atoms with van der Waals surface area (Å²) in [6.07, 6.45) is 83.5. The molecule has 0 saturated heterocycles. The third kappa shape index (κ3) is 61.3. The zero-order valence-electron chi connectivity index (χ0n) is 51.3. The number of amides is 1. The van der Waals surface area contributed by atoms with Gasteiger partial charge in [0.1, 0.15) is 0 Å². The van der Waals surface area contributed by atoms with Crippen LogP contribution in [0.25, 0.3) is 0 Å². The first kappa shape index (κ1) is 74.1. The molecule has 0 aliphatic heterocycles. The van der Waals surface area contributed by atoms with Crippen molar-refractivity contribution in [1.29, 1.82) is 0 Å². The predicted molar refractivity (Wildman–Crippen MR) is 333 cm³/mol. The van der Waals surface area contributed by atoms with Gasteiger partial charge in [-0.3, -0.25) is 9.59 Å². The minimum atomic E-state index is -0.844. The van der Waals surface area contributed by atoms with Gasteiger partial charge in [0.2, 0.25) is 5.91 Å². The Morgan fingerprint density at radius 1 is 0.368 bits per heavy atom. The molecule has 0 fully saturated rings. The van der Waals surface area contributed by atoms with Crippen LogP contribution >= 0.6 is 0 Å². The number of allylic oxidation sites excluding steroid dienone is 5. The van der Waals surface area contributed by atoms with Gasteiger partial charge in [-0.15, -0.1) is 0 Å². The molecule has 0 spiro atoms. The van der Waals surface area contributed by atoms with E-state index >= 15 is 0 Å². The smallest absolute Gasteiger partial charge is 0.305 e. The van der Waals surface area contributed by atoms with Crippen LogP contribution in [0.4, 0.5) is 0 Å². The van der Waals surface area contributed by atoms with Crippen LogP contribution in [0, 0.1) is 0 Å². The van der Waals surface area contributed by atoms with Gasteiger partial charge < -0.3 is 20.3 Å². The molecule has 6 heteroatoms. The number of esters is 1. The van der Waals surface area contributed by atoms with Gasteiger partial charge in [-0.05, 0) is 64.2 Å². The number of carbonyl (C=O) groups excluding carboxylic acids is 2. The Hall–Kier alpha value is -1.92. The van der Waals surface area contributed by atoms with Gasteiger partial charge in [0.15, 0.2) is 0 Å². The van der Waals surface area contributed by atoms with E-state index in [2.05, 4.69) is 43.5 Å². The second-order valence-electron chi connectivity index (χ2n) is 23.5. The van der Waals surface area contributed by atoms with E-state index in [1.165, 1.54) is 295 Å². The van der Waals surface area contributed by atoms with Crippen molar-refractivity contribution in [3.63, 3.8) is 0 Å². The molecule has 2 unspecified atom stereocenters. The monoisotopic (exact) mass is 1070 g/mol. The average Bonchev–Trinajstić information content (AvgIpc) is 3.42. The number of unbranched alkanes of at least 4 members (excludes halogenated alkanes) is 49. The quantitative estimate of drug-likeness (QED) is 0.0320. The van der Waals surface area contributed by atoms with Crippen LogP contribution in [-0.4, -0.2) is 47.4 Å². The van der Waals surface area contributed by atoms with Crippen molar-refractivity contribution < 1.29 is 24.5 Å². The van der Waals surface area contributed by atoms with Gasteiger partial charge >= 0.3 is 5.97 Å². The minimum Gasteiger partial charge on any atom is -0.466 e. The summed E-state index contributed by atoms with van der Waals surface area (Å²) < 4.78 is 5.49. The van der Waals surface area contributed by atoms with Crippen molar-refractivity contribution in [3.8, 4) is 0 Å². The first-order valence-corrected chi connectivity index (χ1v) is 34.3. The van der Waals surface area contributed by atoms with Crippen LogP contribution in [0.2, 0.25) is 0 Å². The molecular weight excluding hydrogens is 935 g/mol. The lowest BCUT2D eigenvalue weighted by atomic mass is 10.0. The fourth-order valence-corrected chi connectivity index (χ4v) is 10.7. The number of hydrogen-bond acceptors (Lipinski definition) is 5. The minimum absolute atomic E-state index is 0.00284. The first-order chi connectivity index (χ1) is 37.5. The van der Waals surface area contributed by atoms with E-state index in [1.54, 1.807) is 6.08 Å². The molecule has 0 aromatic heterocycles. The zero-order chi connectivity index (χ0) is 55.0. The molecule has 0 aliphatic carbocycles. The number of hydrogen-bond donors (Lipinski definition) is 3. The maximum atomic E-state index is 12.5. The average molecular weight is 1070 g/mol. The molecule has 6 nitrogen and oxygen atoms in total. The van der Waals surface area contributed by atoms with Gasteiger partial charge in [-0.25, -0.2) is 0 Å². The van der Waals surface area contributed by atoms with Crippen molar-refractivity contribution in [2.75, 3.05) is 13.2 Å². The van der Waals surface area contributed by atoms with Crippen molar-refractivity contribution >= 4 is 11.9 Å². The second-order valence-corrected chi connectivity index (χ2v) is 23.5. The maximum Gasteiger partial charge on any atom is 0.305 e. The lowest BCUT2D eigenvalue weighted by Crippen LogP contribution is -2.45. The Bertz CT molecular complexity index is 1230. The van der Waals surface area contributed by atoms with Gasteiger partial charge in [0.05, 0.1) is 25.4 Å². The predicted octanol–water partition coefficient (Wildman–Crippen LogP) is 21.9. The Morgan fingerprint density at radius 2 is 0.658 bits per heavy atom. The number of nitrogens with one attached hydrogen (secondary N) is 1. The Morgan fingerprint density at radius 3 is 1.01 bits per heavy atom. The van der Waals surface area contributed by atoms with Crippen molar-refractivity contribution in [2.45, 2.75) is 386 Å². The third-order valence-corrected chi connectivity index (χ3v) is 15.9. The van der Waals surface area contributed by atoms with Crippen LogP contribution in [0.3, 0.4) is 0 Å². The lowest BCUT2D eigenvalue weighted by molar-refractivity contribution is -0.143. The van der Waals surface area contributed by atoms with Crippen molar-refractivity contribution in [3.05, 3.63) is 36.5 Å². The highest BCUT2D eigenvalue weighted by Crippen LogP contribution is 2.18. The summed E-state index contributed by atoms with van der Waals surface area (Å²) in [4.78, 5) is 24.6. The van der Waals surface area contributed by atoms with Crippen molar-refractivity contribution in [1.82, 2.24) is 5.32 Å². The van der Waals surface area contributed by atoms with Crippen molar-refractivity contribution in [2.24, 2.45) is 0 Å². The Kier molecular flexibility index (Phi) is 63.9. The van der Waals surface area contributed by atoms with E-state index in [-0.39, 0.29) is 18.5 Å². The van der Waals surface area contributed by atoms with Gasteiger partial charge in [-0.1, -0.05) is 333 Å². The van der Waals surface area contributed by atoms with Gasteiger partial charge in [0.25, 0.3) is 0 Å². The highest BCUT2D eigenvalue weighted by molar-refractivity contribution is 5.76. The number of aliphatic hydroxyl groups excluding tert-OH is 2. The van der Waals surface area contributed by atoms with E-state index in [4.69, 9.17) is 4.74 Å². The summed E-state index contributed by atoms with van der Waals surface area (Å²) in [7, 11) is 0. The normalized spacial score (nSPS) is 12.7. The van der Waals surface area contributed by atoms with Crippen LogP contribution in [0.5, 0.6) is 0 Å². The molecule has 1 amide bonds. The Labute approximate surface area is 474 Å². The lowest BCUT2D eigenvalue weighted by Gasteiger charge is -2.20. The maximum absolute atomic E-state index is 12.5. The molecule has 0 heterocycles. The summed E-state index contributed by atoms with van der Waals surface area (Å²) in [6, 6.07) is -0.627. The number of aliphatic hydroxyl groups is 2. The molecule has 448 valence electrons. The summed E-state index contributed by atoms with van der Waals surface area (Å²) in [5, 5.41) is 23.2. The topological polar surface area (TPSA) is 95.9 Å².